The fourth-order valence-corrected chi connectivity index (χ4v) is 4.25. The van der Waals surface area contributed by atoms with E-state index in [1.54, 1.807) is 0 Å². The fourth-order valence-electron chi connectivity index (χ4n) is 4.25. The second-order valence-electron chi connectivity index (χ2n) is 7.41. The molecule has 142 valence electrons. The molecule has 2 atom stereocenters. The van der Waals surface area contributed by atoms with Crippen molar-refractivity contribution in [2.24, 2.45) is 0 Å². The van der Waals surface area contributed by atoms with Crippen molar-refractivity contribution < 1.29 is 19.1 Å². The Bertz CT molecular complexity index is 803. The normalized spacial score (nSPS) is 25.3. The van der Waals surface area contributed by atoms with Gasteiger partial charge in [0, 0.05) is 35.9 Å². The van der Waals surface area contributed by atoms with Crippen molar-refractivity contribution in [2.45, 2.75) is 51.0 Å². The lowest BCUT2D eigenvalue weighted by Crippen LogP contribution is -2.35. The highest BCUT2D eigenvalue weighted by molar-refractivity contribution is 6.03. The van der Waals surface area contributed by atoms with Gasteiger partial charge in [-0.15, -0.1) is 0 Å². The van der Waals surface area contributed by atoms with Gasteiger partial charge in [0.05, 0.1) is 11.7 Å². The number of hydrogen-bond donors (Lipinski definition) is 1. The van der Waals surface area contributed by atoms with Gasteiger partial charge in [0.1, 0.15) is 6.61 Å². The summed E-state index contributed by atoms with van der Waals surface area (Å²) in [6, 6.07) is 9.77. The van der Waals surface area contributed by atoms with Crippen LogP contribution < -0.4 is 5.32 Å². The van der Waals surface area contributed by atoms with Gasteiger partial charge in [0.2, 0.25) is 0 Å². The van der Waals surface area contributed by atoms with Gasteiger partial charge in [-0.1, -0.05) is 30.3 Å². The summed E-state index contributed by atoms with van der Waals surface area (Å²) < 4.78 is 11.2. The topological polar surface area (TPSA) is 64.6 Å². The van der Waals surface area contributed by atoms with E-state index < -0.39 is 0 Å². The first kappa shape index (κ1) is 18.0. The maximum absolute atomic E-state index is 13.0. The van der Waals surface area contributed by atoms with E-state index in [4.69, 9.17) is 9.47 Å². The van der Waals surface area contributed by atoms with Crippen LogP contribution in [0.1, 0.15) is 50.5 Å². The molecule has 0 radical (unpaired) electrons. The minimum absolute atomic E-state index is 0.0207. The molecule has 1 aromatic rings. The lowest BCUT2D eigenvalue weighted by Gasteiger charge is -2.34. The molecule has 2 aliphatic heterocycles. The molecular formula is C22H25NO4. The summed E-state index contributed by atoms with van der Waals surface area (Å²) >= 11 is 0. The average molecular weight is 367 g/mol. The number of Topliss-reactive ketones (excluding diaryl/α,β-unsaturated/α-hetero) is 1. The smallest absolute Gasteiger partial charge is 0.336 e. The van der Waals surface area contributed by atoms with Crippen LogP contribution in [-0.4, -0.2) is 31.1 Å². The summed E-state index contributed by atoms with van der Waals surface area (Å²) in [5.74, 6) is -0.615. The lowest BCUT2D eigenvalue weighted by atomic mass is 9.75. The molecule has 0 amide bonds. The second-order valence-corrected chi connectivity index (χ2v) is 7.41. The summed E-state index contributed by atoms with van der Waals surface area (Å²) in [5.41, 5.74) is 3.93. The van der Waals surface area contributed by atoms with Crippen molar-refractivity contribution in [3.8, 4) is 0 Å². The van der Waals surface area contributed by atoms with Crippen LogP contribution in [0, 0.1) is 0 Å². The third kappa shape index (κ3) is 3.56. The number of allylic oxidation sites excluding steroid dienone is 3. The Balaban J connectivity index is 1.67. The summed E-state index contributed by atoms with van der Waals surface area (Å²) in [4.78, 5) is 25.8. The van der Waals surface area contributed by atoms with Crippen molar-refractivity contribution in [1.29, 1.82) is 0 Å². The molecule has 0 unspecified atom stereocenters. The highest BCUT2D eigenvalue weighted by Gasteiger charge is 2.39. The minimum Gasteiger partial charge on any atom is -0.459 e. The van der Waals surface area contributed by atoms with Crippen LogP contribution >= 0.6 is 0 Å². The summed E-state index contributed by atoms with van der Waals surface area (Å²) in [6.45, 7) is 2.88. The van der Waals surface area contributed by atoms with E-state index in [1.165, 1.54) is 0 Å². The zero-order valence-corrected chi connectivity index (χ0v) is 15.6. The standard InChI is InChI=1S/C22H25NO4/c1-14-19(22(25)27-13-16-9-6-12-26-16)20(15-7-3-2-4-8-15)21-17(23-14)10-5-11-18(21)24/h2-4,7-8,16,20,23H,5-6,9-13H2,1H3/t16-,20+/m0/s1. The monoisotopic (exact) mass is 367 g/mol. The average Bonchev–Trinajstić information content (AvgIpc) is 3.19. The number of dihydropyridines is 1. The van der Waals surface area contributed by atoms with Gasteiger partial charge >= 0.3 is 5.97 Å². The molecule has 1 saturated heterocycles. The number of nitrogens with one attached hydrogen (secondary N) is 1. The first-order valence-electron chi connectivity index (χ1n) is 9.73. The molecule has 0 spiro atoms. The zero-order chi connectivity index (χ0) is 18.8. The number of carbonyl (C=O) groups excluding carboxylic acids is 2. The molecule has 5 nitrogen and oxygen atoms in total. The molecule has 5 heteroatoms. The first-order chi connectivity index (χ1) is 13.1. The van der Waals surface area contributed by atoms with Crippen LogP contribution in [-0.2, 0) is 19.1 Å². The van der Waals surface area contributed by atoms with Crippen LogP contribution in [0.4, 0.5) is 0 Å². The van der Waals surface area contributed by atoms with Gasteiger partial charge in [0.25, 0.3) is 0 Å². The first-order valence-corrected chi connectivity index (χ1v) is 9.73. The number of ether oxygens (including phenoxy) is 2. The molecule has 2 heterocycles. The predicted octanol–water partition coefficient (Wildman–Crippen LogP) is 3.38. The van der Waals surface area contributed by atoms with Crippen LogP contribution in [0.3, 0.4) is 0 Å². The Hall–Kier alpha value is -2.40. The van der Waals surface area contributed by atoms with Crippen LogP contribution in [0.5, 0.6) is 0 Å². The van der Waals surface area contributed by atoms with Gasteiger partial charge < -0.3 is 14.8 Å². The van der Waals surface area contributed by atoms with E-state index >= 15 is 0 Å². The molecule has 27 heavy (non-hydrogen) atoms. The largest absolute Gasteiger partial charge is 0.459 e. The maximum Gasteiger partial charge on any atom is 0.336 e. The predicted molar refractivity (Wildman–Crippen MR) is 101 cm³/mol. The highest BCUT2D eigenvalue weighted by atomic mass is 16.6. The molecule has 3 aliphatic rings. The van der Waals surface area contributed by atoms with E-state index in [-0.39, 0.29) is 30.4 Å². The molecule has 0 saturated carbocycles. The Morgan fingerprint density at radius 3 is 2.78 bits per heavy atom. The summed E-state index contributed by atoms with van der Waals surface area (Å²) in [5, 5.41) is 3.31. The second kappa shape index (κ2) is 7.69. The number of benzene rings is 1. The van der Waals surface area contributed by atoms with E-state index in [0.29, 0.717) is 12.0 Å². The third-order valence-electron chi connectivity index (χ3n) is 5.55. The van der Waals surface area contributed by atoms with Gasteiger partial charge in [-0.05, 0) is 38.2 Å². The van der Waals surface area contributed by atoms with Crippen LogP contribution in [0.25, 0.3) is 0 Å². The summed E-state index contributed by atoms with van der Waals surface area (Å²) in [7, 11) is 0. The number of ketones is 1. The molecule has 4 rings (SSSR count). The Morgan fingerprint density at radius 2 is 2.04 bits per heavy atom. The minimum atomic E-state index is -0.368. The molecule has 0 bridgehead atoms. The molecule has 0 aromatic heterocycles. The molecular weight excluding hydrogens is 342 g/mol. The van der Waals surface area contributed by atoms with Gasteiger partial charge in [-0.3, -0.25) is 4.79 Å². The number of esters is 1. The van der Waals surface area contributed by atoms with E-state index in [1.807, 2.05) is 37.3 Å². The van der Waals surface area contributed by atoms with Crippen LogP contribution in [0.15, 0.2) is 52.9 Å². The number of rotatable bonds is 4. The summed E-state index contributed by atoms with van der Waals surface area (Å²) in [6.07, 6.45) is 4.11. The van der Waals surface area contributed by atoms with Crippen LogP contribution in [0.2, 0.25) is 0 Å². The lowest BCUT2D eigenvalue weighted by molar-refractivity contribution is -0.142. The van der Waals surface area contributed by atoms with E-state index in [2.05, 4.69) is 5.32 Å². The van der Waals surface area contributed by atoms with Crippen molar-refractivity contribution >= 4 is 11.8 Å². The maximum atomic E-state index is 13.0. The highest BCUT2D eigenvalue weighted by Crippen LogP contribution is 2.42. The Morgan fingerprint density at radius 1 is 1.22 bits per heavy atom. The van der Waals surface area contributed by atoms with Gasteiger partial charge in [-0.25, -0.2) is 4.79 Å². The number of hydrogen-bond acceptors (Lipinski definition) is 5. The molecule has 1 aliphatic carbocycles. The van der Waals surface area contributed by atoms with E-state index in [9.17, 15) is 9.59 Å². The molecule has 1 N–H and O–H groups in total. The van der Waals surface area contributed by atoms with Gasteiger partial charge in [0.15, 0.2) is 5.78 Å². The third-order valence-corrected chi connectivity index (χ3v) is 5.55. The Labute approximate surface area is 159 Å². The van der Waals surface area contributed by atoms with E-state index in [0.717, 1.165) is 54.8 Å². The zero-order valence-electron chi connectivity index (χ0n) is 15.6. The fraction of sp³-hybridized carbons (Fsp3) is 0.455. The quantitative estimate of drug-likeness (QED) is 0.827. The van der Waals surface area contributed by atoms with Crippen molar-refractivity contribution in [3.63, 3.8) is 0 Å². The molecule has 1 fully saturated rings. The Kier molecular flexibility index (Phi) is 5.12. The SMILES string of the molecule is CC1=C(C(=O)OC[C@@H]2CCCO2)[C@@H](c2ccccc2)C2=C(CCCC2=O)N1. The van der Waals surface area contributed by atoms with Crippen molar-refractivity contribution in [1.82, 2.24) is 5.32 Å². The molecule has 1 aromatic carbocycles. The van der Waals surface area contributed by atoms with Crippen molar-refractivity contribution in [2.75, 3.05) is 13.2 Å². The van der Waals surface area contributed by atoms with Crippen molar-refractivity contribution in [3.05, 3.63) is 58.4 Å². The number of carbonyl (C=O) groups is 2. The van der Waals surface area contributed by atoms with Gasteiger partial charge in [-0.2, -0.15) is 0 Å².